The van der Waals surface area contributed by atoms with E-state index in [1.165, 1.54) is 6.07 Å². The predicted molar refractivity (Wildman–Crippen MR) is 76.2 cm³/mol. The second kappa shape index (κ2) is 8.26. The molecular formula is C16H25F2N. The Kier molecular flexibility index (Phi) is 7.00. The van der Waals surface area contributed by atoms with E-state index in [-0.39, 0.29) is 6.04 Å². The zero-order valence-electron chi connectivity index (χ0n) is 12.2. The van der Waals surface area contributed by atoms with E-state index in [0.717, 1.165) is 31.9 Å². The van der Waals surface area contributed by atoms with Gasteiger partial charge < -0.3 is 5.32 Å². The van der Waals surface area contributed by atoms with Crippen molar-refractivity contribution in [3.8, 4) is 0 Å². The second-order valence-corrected chi connectivity index (χ2v) is 5.27. The van der Waals surface area contributed by atoms with Crippen molar-refractivity contribution in [2.75, 3.05) is 6.54 Å². The number of nitrogens with one attached hydrogen (secondary N) is 1. The highest BCUT2D eigenvalue weighted by molar-refractivity contribution is 5.19. The van der Waals surface area contributed by atoms with Crippen LogP contribution in [0, 0.1) is 17.6 Å². The number of hydrogen-bond acceptors (Lipinski definition) is 1. The van der Waals surface area contributed by atoms with E-state index in [9.17, 15) is 8.78 Å². The summed E-state index contributed by atoms with van der Waals surface area (Å²) < 4.78 is 26.6. The molecule has 0 aliphatic rings. The van der Waals surface area contributed by atoms with Crippen molar-refractivity contribution < 1.29 is 8.78 Å². The van der Waals surface area contributed by atoms with Crippen LogP contribution in [0.2, 0.25) is 0 Å². The van der Waals surface area contributed by atoms with Gasteiger partial charge in [0, 0.05) is 12.1 Å². The van der Waals surface area contributed by atoms with E-state index in [0.29, 0.717) is 17.9 Å². The molecule has 19 heavy (non-hydrogen) atoms. The van der Waals surface area contributed by atoms with Gasteiger partial charge >= 0.3 is 0 Å². The van der Waals surface area contributed by atoms with Crippen LogP contribution in [-0.4, -0.2) is 12.6 Å². The SMILES string of the molecule is CCCNC(Cc1ccc(F)cc1F)C(C)CCC. The van der Waals surface area contributed by atoms with E-state index in [2.05, 4.69) is 26.1 Å². The Morgan fingerprint density at radius 2 is 1.89 bits per heavy atom. The van der Waals surface area contributed by atoms with Crippen LogP contribution in [0.25, 0.3) is 0 Å². The molecule has 0 heterocycles. The predicted octanol–water partition coefficient (Wildman–Crippen LogP) is 4.31. The summed E-state index contributed by atoms with van der Waals surface area (Å²) >= 11 is 0. The fourth-order valence-corrected chi connectivity index (χ4v) is 2.38. The monoisotopic (exact) mass is 269 g/mol. The molecule has 1 nitrogen and oxygen atoms in total. The molecule has 0 saturated heterocycles. The summed E-state index contributed by atoms with van der Waals surface area (Å²) in [5.74, 6) is -0.464. The lowest BCUT2D eigenvalue weighted by atomic mass is 9.91. The molecule has 0 spiro atoms. The Balaban J connectivity index is 2.74. The van der Waals surface area contributed by atoms with Gasteiger partial charge in [-0.15, -0.1) is 0 Å². The molecule has 108 valence electrons. The molecule has 0 saturated carbocycles. The van der Waals surface area contributed by atoms with Crippen LogP contribution in [-0.2, 0) is 6.42 Å². The Morgan fingerprint density at radius 3 is 2.47 bits per heavy atom. The molecule has 3 heteroatoms. The summed E-state index contributed by atoms with van der Waals surface area (Å²) in [5, 5.41) is 3.48. The van der Waals surface area contributed by atoms with Crippen molar-refractivity contribution in [1.82, 2.24) is 5.32 Å². The Morgan fingerprint density at radius 1 is 1.16 bits per heavy atom. The van der Waals surface area contributed by atoms with E-state index in [1.807, 2.05) is 0 Å². The topological polar surface area (TPSA) is 12.0 Å². The van der Waals surface area contributed by atoms with Crippen LogP contribution >= 0.6 is 0 Å². The van der Waals surface area contributed by atoms with Gasteiger partial charge in [-0.05, 0) is 43.4 Å². The molecule has 0 radical (unpaired) electrons. The highest BCUT2D eigenvalue weighted by Crippen LogP contribution is 2.18. The molecule has 0 bridgehead atoms. The average molecular weight is 269 g/mol. The lowest BCUT2D eigenvalue weighted by Gasteiger charge is -2.25. The third-order valence-electron chi connectivity index (χ3n) is 3.54. The summed E-state index contributed by atoms with van der Waals surface area (Å²) in [4.78, 5) is 0. The van der Waals surface area contributed by atoms with E-state index in [4.69, 9.17) is 0 Å². The zero-order chi connectivity index (χ0) is 14.3. The van der Waals surface area contributed by atoms with E-state index in [1.54, 1.807) is 6.07 Å². The van der Waals surface area contributed by atoms with Gasteiger partial charge in [0.1, 0.15) is 11.6 Å². The first kappa shape index (κ1) is 16.1. The fraction of sp³-hybridized carbons (Fsp3) is 0.625. The van der Waals surface area contributed by atoms with Crippen LogP contribution in [0.4, 0.5) is 8.78 Å². The molecule has 2 atom stereocenters. The Hall–Kier alpha value is -0.960. The number of hydrogen-bond donors (Lipinski definition) is 1. The van der Waals surface area contributed by atoms with Crippen LogP contribution in [0.3, 0.4) is 0 Å². The Bertz CT molecular complexity index is 379. The Labute approximate surface area is 115 Å². The fourth-order valence-electron chi connectivity index (χ4n) is 2.38. The molecule has 0 fully saturated rings. The molecule has 0 aliphatic carbocycles. The van der Waals surface area contributed by atoms with Crippen LogP contribution in [0.15, 0.2) is 18.2 Å². The molecule has 2 unspecified atom stereocenters. The van der Waals surface area contributed by atoms with Crippen molar-refractivity contribution in [2.45, 2.75) is 52.5 Å². The van der Waals surface area contributed by atoms with Crippen molar-refractivity contribution in [3.05, 3.63) is 35.4 Å². The number of benzene rings is 1. The molecule has 1 rings (SSSR count). The zero-order valence-corrected chi connectivity index (χ0v) is 12.2. The summed E-state index contributed by atoms with van der Waals surface area (Å²) in [6, 6.07) is 4.11. The normalized spacial score (nSPS) is 14.4. The quantitative estimate of drug-likeness (QED) is 0.741. The minimum atomic E-state index is -0.513. The molecule has 1 N–H and O–H groups in total. The van der Waals surface area contributed by atoms with Gasteiger partial charge in [-0.1, -0.05) is 33.3 Å². The largest absolute Gasteiger partial charge is 0.313 e. The van der Waals surface area contributed by atoms with Crippen LogP contribution in [0.1, 0.15) is 45.6 Å². The van der Waals surface area contributed by atoms with Gasteiger partial charge in [-0.3, -0.25) is 0 Å². The standard InChI is InChI=1S/C16H25F2N/c1-4-6-12(3)16(19-9-5-2)10-13-7-8-14(17)11-15(13)18/h7-8,11-12,16,19H,4-6,9-10H2,1-3H3. The maximum atomic E-state index is 13.7. The van der Waals surface area contributed by atoms with E-state index >= 15 is 0 Å². The van der Waals surface area contributed by atoms with Gasteiger partial charge in [0.15, 0.2) is 0 Å². The van der Waals surface area contributed by atoms with Crippen molar-refractivity contribution in [3.63, 3.8) is 0 Å². The molecular weight excluding hydrogens is 244 g/mol. The van der Waals surface area contributed by atoms with Crippen molar-refractivity contribution in [1.29, 1.82) is 0 Å². The lowest BCUT2D eigenvalue weighted by Crippen LogP contribution is -2.37. The van der Waals surface area contributed by atoms with Crippen LogP contribution in [0.5, 0.6) is 0 Å². The third kappa shape index (κ3) is 5.27. The van der Waals surface area contributed by atoms with Gasteiger partial charge in [-0.25, -0.2) is 8.78 Å². The number of rotatable bonds is 8. The van der Waals surface area contributed by atoms with Gasteiger partial charge in [0.25, 0.3) is 0 Å². The molecule has 0 amide bonds. The van der Waals surface area contributed by atoms with E-state index < -0.39 is 11.6 Å². The van der Waals surface area contributed by atoms with Crippen molar-refractivity contribution in [2.24, 2.45) is 5.92 Å². The summed E-state index contributed by atoms with van der Waals surface area (Å²) in [6.45, 7) is 7.40. The molecule has 1 aromatic rings. The van der Waals surface area contributed by atoms with Gasteiger partial charge in [0.05, 0.1) is 0 Å². The van der Waals surface area contributed by atoms with Crippen LogP contribution < -0.4 is 5.32 Å². The van der Waals surface area contributed by atoms with Gasteiger partial charge in [-0.2, -0.15) is 0 Å². The maximum Gasteiger partial charge on any atom is 0.129 e. The number of halogens is 2. The first-order valence-electron chi connectivity index (χ1n) is 7.25. The highest BCUT2D eigenvalue weighted by Gasteiger charge is 2.18. The third-order valence-corrected chi connectivity index (χ3v) is 3.54. The van der Waals surface area contributed by atoms with Gasteiger partial charge in [0.2, 0.25) is 0 Å². The molecule has 0 aliphatic heterocycles. The molecule has 1 aromatic carbocycles. The minimum absolute atomic E-state index is 0.250. The first-order valence-corrected chi connectivity index (χ1v) is 7.25. The van der Waals surface area contributed by atoms with Crippen molar-refractivity contribution >= 4 is 0 Å². The average Bonchev–Trinajstić information content (AvgIpc) is 2.37. The first-order chi connectivity index (χ1) is 9.08. The maximum absolute atomic E-state index is 13.7. The highest BCUT2D eigenvalue weighted by atomic mass is 19.1. The smallest absolute Gasteiger partial charge is 0.129 e. The minimum Gasteiger partial charge on any atom is -0.313 e. The summed E-state index contributed by atoms with van der Waals surface area (Å²) in [7, 11) is 0. The summed E-state index contributed by atoms with van der Waals surface area (Å²) in [5.41, 5.74) is 0.595. The second-order valence-electron chi connectivity index (χ2n) is 5.27. The summed E-state index contributed by atoms with van der Waals surface area (Å²) in [6.07, 6.45) is 3.91. The lowest BCUT2D eigenvalue weighted by molar-refractivity contribution is 0.349. The molecule has 0 aromatic heterocycles.